The number of aromatic nitrogens is 4. The van der Waals surface area contributed by atoms with E-state index < -0.39 is 6.10 Å². The lowest BCUT2D eigenvalue weighted by atomic mass is 9.97. The minimum Gasteiger partial charge on any atom is -0.394 e. The zero-order valence-corrected chi connectivity index (χ0v) is 16.9. The van der Waals surface area contributed by atoms with Crippen molar-refractivity contribution in [3.63, 3.8) is 0 Å². The average molecular weight is 408 g/mol. The van der Waals surface area contributed by atoms with Crippen molar-refractivity contribution < 1.29 is 23.9 Å². The minimum absolute atomic E-state index is 0.0223. The van der Waals surface area contributed by atoms with Crippen LogP contribution in [0, 0.1) is 13.8 Å². The van der Waals surface area contributed by atoms with Crippen molar-refractivity contribution in [2.45, 2.75) is 64.5 Å². The molecule has 0 bridgehead atoms. The van der Waals surface area contributed by atoms with Crippen LogP contribution in [0.2, 0.25) is 0 Å². The van der Waals surface area contributed by atoms with Gasteiger partial charge in [-0.3, -0.25) is 4.68 Å². The molecule has 3 atom stereocenters. The summed E-state index contributed by atoms with van der Waals surface area (Å²) in [7, 11) is 1.61. The van der Waals surface area contributed by atoms with E-state index in [9.17, 15) is 9.90 Å². The van der Waals surface area contributed by atoms with Gasteiger partial charge in [0.05, 0.1) is 31.6 Å². The fourth-order valence-corrected chi connectivity index (χ4v) is 3.43. The van der Waals surface area contributed by atoms with E-state index in [-0.39, 0.29) is 24.8 Å². The van der Waals surface area contributed by atoms with Crippen molar-refractivity contribution >= 4 is 11.7 Å². The summed E-state index contributed by atoms with van der Waals surface area (Å²) in [6.07, 6.45) is 3.57. The second-order valence-electron chi connectivity index (χ2n) is 7.16. The van der Waals surface area contributed by atoms with Crippen LogP contribution >= 0.6 is 0 Å². The number of anilines is 1. The predicted molar refractivity (Wildman–Crippen MR) is 102 cm³/mol. The molecule has 2 aromatic rings. The van der Waals surface area contributed by atoms with Gasteiger partial charge >= 0.3 is 6.03 Å². The first-order valence-corrected chi connectivity index (χ1v) is 9.64. The monoisotopic (exact) mass is 408 g/mol. The number of aryl methyl sites for hydroxylation is 3. The molecule has 160 valence electrons. The SMILES string of the molecule is COCc1cn(CC[C@@H]2CC[C@@H](NC(=O)Nc3c(C)noc3C)[C@H](CO)O2)nn1. The Morgan fingerprint density at radius 2 is 2.24 bits per heavy atom. The first kappa shape index (κ1) is 21.2. The van der Waals surface area contributed by atoms with Crippen LogP contribution in [0.5, 0.6) is 0 Å². The number of amides is 2. The molecule has 0 radical (unpaired) electrons. The maximum absolute atomic E-state index is 12.3. The smallest absolute Gasteiger partial charge is 0.319 e. The van der Waals surface area contributed by atoms with E-state index in [0.29, 0.717) is 36.7 Å². The third-order valence-corrected chi connectivity index (χ3v) is 4.94. The van der Waals surface area contributed by atoms with Crippen LogP contribution in [-0.2, 0) is 22.6 Å². The summed E-state index contributed by atoms with van der Waals surface area (Å²) in [6.45, 7) is 4.40. The van der Waals surface area contributed by atoms with Crippen molar-refractivity contribution in [3.05, 3.63) is 23.3 Å². The van der Waals surface area contributed by atoms with Gasteiger partial charge in [0, 0.05) is 13.7 Å². The van der Waals surface area contributed by atoms with Gasteiger partial charge in [-0.05, 0) is 33.1 Å². The third kappa shape index (κ3) is 5.52. The molecule has 1 aliphatic heterocycles. The summed E-state index contributed by atoms with van der Waals surface area (Å²) in [5.41, 5.74) is 1.94. The predicted octanol–water partition coefficient (Wildman–Crippen LogP) is 1.15. The second-order valence-corrected chi connectivity index (χ2v) is 7.16. The molecule has 3 heterocycles. The van der Waals surface area contributed by atoms with E-state index in [1.54, 1.807) is 25.6 Å². The summed E-state index contributed by atoms with van der Waals surface area (Å²) in [5.74, 6) is 0.540. The third-order valence-electron chi connectivity index (χ3n) is 4.94. The van der Waals surface area contributed by atoms with Crippen molar-refractivity contribution in [3.8, 4) is 0 Å². The van der Waals surface area contributed by atoms with E-state index >= 15 is 0 Å². The Morgan fingerprint density at radius 1 is 1.41 bits per heavy atom. The van der Waals surface area contributed by atoms with Crippen molar-refractivity contribution in [1.82, 2.24) is 25.5 Å². The highest BCUT2D eigenvalue weighted by molar-refractivity contribution is 5.90. The van der Waals surface area contributed by atoms with Gasteiger partial charge in [0.1, 0.15) is 23.2 Å². The number of nitrogens with zero attached hydrogens (tertiary/aromatic N) is 4. The fourth-order valence-electron chi connectivity index (χ4n) is 3.43. The maximum Gasteiger partial charge on any atom is 0.319 e. The van der Waals surface area contributed by atoms with Crippen LogP contribution in [0.3, 0.4) is 0 Å². The molecule has 29 heavy (non-hydrogen) atoms. The van der Waals surface area contributed by atoms with Gasteiger partial charge in [-0.15, -0.1) is 5.10 Å². The number of aliphatic hydroxyl groups is 1. The molecular weight excluding hydrogens is 380 g/mol. The van der Waals surface area contributed by atoms with Crippen LogP contribution < -0.4 is 10.6 Å². The van der Waals surface area contributed by atoms with E-state index in [1.165, 1.54) is 0 Å². The highest BCUT2D eigenvalue weighted by Gasteiger charge is 2.32. The van der Waals surface area contributed by atoms with Gasteiger partial charge in [0.2, 0.25) is 0 Å². The molecule has 0 unspecified atom stereocenters. The normalized spacial score (nSPS) is 21.9. The second kappa shape index (κ2) is 9.81. The number of aliphatic hydroxyl groups excluding tert-OH is 1. The quantitative estimate of drug-likeness (QED) is 0.592. The Kier molecular flexibility index (Phi) is 7.18. The zero-order chi connectivity index (χ0) is 20.8. The number of hydrogen-bond donors (Lipinski definition) is 3. The highest BCUT2D eigenvalue weighted by Crippen LogP contribution is 2.23. The van der Waals surface area contributed by atoms with E-state index in [0.717, 1.165) is 18.5 Å². The topological polar surface area (TPSA) is 137 Å². The van der Waals surface area contributed by atoms with Gasteiger partial charge in [-0.25, -0.2) is 4.79 Å². The van der Waals surface area contributed by atoms with E-state index in [2.05, 4.69) is 26.1 Å². The first-order valence-electron chi connectivity index (χ1n) is 9.64. The minimum atomic E-state index is -0.469. The van der Waals surface area contributed by atoms with Crippen LogP contribution in [0.15, 0.2) is 10.7 Å². The lowest BCUT2D eigenvalue weighted by Crippen LogP contribution is -2.52. The van der Waals surface area contributed by atoms with Gasteiger partial charge in [0.25, 0.3) is 0 Å². The van der Waals surface area contributed by atoms with Crippen molar-refractivity contribution in [2.24, 2.45) is 0 Å². The Morgan fingerprint density at radius 3 is 2.93 bits per heavy atom. The molecule has 11 heteroatoms. The molecule has 0 aliphatic carbocycles. The van der Waals surface area contributed by atoms with Gasteiger partial charge in [0.15, 0.2) is 5.76 Å². The molecule has 1 fully saturated rings. The van der Waals surface area contributed by atoms with Crippen LogP contribution in [0.25, 0.3) is 0 Å². The number of nitrogens with one attached hydrogen (secondary N) is 2. The number of methoxy groups -OCH3 is 1. The largest absolute Gasteiger partial charge is 0.394 e. The van der Waals surface area contributed by atoms with Gasteiger partial charge in [-0.2, -0.15) is 0 Å². The van der Waals surface area contributed by atoms with Crippen molar-refractivity contribution in [2.75, 3.05) is 19.0 Å². The number of ether oxygens (including phenoxy) is 2. The zero-order valence-electron chi connectivity index (χ0n) is 16.9. The lowest BCUT2D eigenvalue weighted by molar-refractivity contribution is -0.0905. The number of urea groups is 1. The summed E-state index contributed by atoms with van der Waals surface area (Å²) >= 11 is 0. The fraction of sp³-hybridized carbons (Fsp3) is 0.667. The van der Waals surface area contributed by atoms with Gasteiger partial charge < -0.3 is 29.7 Å². The van der Waals surface area contributed by atoms with E-state index in [1.807, 2.05) is 6.20 Å². The Bertz CT molecular complexity index is 787. The first-order chi connectivity index (χ1) is 14.0. The Labute approximate surface area is 168 Å². The Balaban J connectivity index is 1.47. The molecular formula is C18H28N6O5. The average Bonchev–Trinajstić information content (AvgIpc) is 3.29. The molecule has 0 aromatic carbocycles. The molecule has 3 N–H and O–H groups in total. The Hall–Kier alpha value is -2.50. The summed E-state index contributed by atoms with van der Waals surface area (Å²) in [6, 6.07) is -0.658. The molecule has 3 rings (SSSR count). The molecule has 0 saturated carbocycles. The van der Waals surface area contributed by atoms with Crippen LogP contribution in [-0.4, -0.2) is 63.3 Å². The summed E-state index contributed by atoms with van der Waals surface area (Å²) in [5, 5.41) is 27.3. The molecule has 0 spiro atoms. The number of carbonyl (C=O) groups excluding carboxylic acids is 1. The number of rotatable bonds is 8. The maximum atomic E-state index is 12.3. The molecule has 11 nitrogen and oxygen atoms in total. The summed E-state index contributed by atoms with van der Waals surface area (Å²) < 4.78 is 17.8. The van der Waals surface area contributed by atoms with Crippen LogP contribution in [0.1, 0.15) is 36.4 Å². The molecule has 1 saturated heterocycles. The van der Waals surface area contributed by atoms with Crippen LogP contribution in [0.4, 0.5) is 10.5 Å². The molecule has 2 amide bonds. The number of carbonyl (C=O) groups is 1. The summed E-state index contributed by atoms with van der Waals surface area (Å²) in [4.78, 5) is 12.3. The molecule has 1 aliphatic rings. The standard InChI is InChI=1S/C18H28N6O5/c1-11-17(12(2)29-22-11)20-18(26)19-15-5-4-14(28-16(15)9-25)6-7-24-8-13(10-27-3)21-23-24/h8,14-16,25H,4-7,9-10H2,1-3H3,(H2,19,20,26)/t14-,15+,16-/m0/s1. The van der Waals surface area contributed by atoms with E-state index in [4.69, 9.17) is 14.0 Å². The molecule has 2 aromatic heterocycles. The number of hydrogen-bond acceptors (Lipinski definition) is 8. The van der Waals surface area contributed by atoms with Gasteiger partial charge in [-0.1, -0.05) is 10.4 Å². The lowest BCUT2D eigenvalue weighted by Gasteiger charge is -2.36. The van der Waals surface area contributed by atoms with Crippen molar-refractivity contribution in [1.29, 1.82) is 0 Å². The highest BCUT2D eigenvalue weighted by atomic mass is 16.5.